The van der Waals surface area contributed by atoms with Gasteiger partial charge in [0.2, 0.25) is 0 Å². The zero-order chi connectivity index (χ0) is 22.8. The third kappa shape index (κ3) is 4.28. The second kappa shape index (κ2) is 9.04. The lowest BCUT2D eigenvalue weighted by Gasteiger charge is -2.36. The molecule has 1 saturated carbocycles. The van der Waals surface area contributed by atoms with Gasteiger partial charge in [0.15, 0.2) is 5.17 Å². The molecule has 0 aromatic heterocycles. The van der Waals surface area contributed by atoms with Crippen LogP contribution in [0.3, 0.4) is 0 Å². The van der Waals surface area contributed by atoms with E-state index in [0.29, 0.717) is 23.6 Å². The molecule has 3 unspecified atom stereocenters. The van der Waals surface area contributed by atoms with Gasteiger partial charge >= 0.3 is 0 Å². The lowest BCUT2D eigenvalue weighted by atomic mass is 9.80. The van der Waals surface area contributed by atoms with Crippen LogP contribution in [0.5, 0.6) is 5.75 Å². The van der Waals surface area contributed by atoms with Crippen LogP contribution in [-0.4, -0.2) is 35.1 Å². The van der Waals surface area contributed by atoms with Gasteiger partial charge in [-0.1, -0.05) is 60.3 Å². The summed E-state index contributed by atoms with van der Waals surface area (Å²) in [6, 6.07) is 25.5. The fraction of sp³-hybridized carbons (Fsp3) is 0.259. The highest BCUT2D eigenvalue weighted by molar-refractivity contribution is 8.13. The SMILES string of the molecule is COc1cccc(-c2cccc(C34CC(O)CC3CSC(NC(=O)c3ccccc3)=N4)c2)c1. The van der Waals surface area contributed by atoms with E-state index in [4.69, 9.17) is 9.73 Å². The molecule has 168 valence electrons. The number of amidine groups is 1. The van der Waals surface area contributed by atoms with Gasteiger partial charge in [-0.05, 0) is 53.4 Å². The van der Waals surface area contributed by atoms with Crippen LogP contribution in [0.2, 0.25) is 0 Å². The molecule has 6 heteroatoms. The number of hydrogen-bond donors (Lipinski definition) is 2. The quantitative estimate of drug-likeness (QED) is 0.586. The monoisotopic (exact) mass is 458 g/mol. The van der Waals surface area contributed by atoms with E-state index in [9.17, 15) is 9.90 Å². The topological polar surface area (TPSA) is 70.9 Å². The summed E-state index contributed by atoms with van der Waals surface area (Å²) < 4.78 is 5.39. The summed E-state index contributed by atoms with van der Waals surface area (Å²) >= 11 is 1.55. The number of ether oxygens (including phenoxy) is 1. The Hall–Kier alpha value is -3.09. The van der Waals surface area contributed by atoms with Gasteiger partial charge in [-0.3, -0.25) is 9.79 Å². The number of amides is 1. The number of aliphatic imine (C=N–C) groups is 1. The van der Waals surface area contributed by atoms with Crippen molar-refractivity contribution in [2.75, 3.05) is 12.9 Å². The largest absolute Gasteiger partial charge is 0.497 e. The lowest BCUT2D eigenvalue weighted by Crippen LogP contribution is -2.40. The van der Waals surface area contributed by atoms with Crippen molar-refractivity contribution in [2.24, 2.45) is 10.9 Å². The fourth-order valence-electron chi connectivity index (χ4n) is 4.88. The van der Waals surface area contributed by atoms with Crippen molar-refractivity contribution in [3.05, 3.63) is 90.0 Å². The van der Waals surface area contributed by atoms with Crippen molar-refractivity contribution in [1.82, 2.24) is 5.32 Å². The first kappa shape index (κ1) is 21.7. The summed E-state index contributed by atoms with van der Waals surface area (Å²) in [5, 5.41) is 14.2. The van der Waals surface area contributed by atoms with Gasteiger partial charge in [-0.15, -0.1) is 0 Å². The number of carbonyl (C=O) groups excluding carboxylic acids is 1. The molecule has 5 nitrogen and oxygen atoms in total. The fourth-order valence-corrected chi connectivity index (χ4v) is 6.04. The number of thioether (sulfide) groups is 1. The van der Waals surface area contributed by atoms with Crippen LogP contribution in [0, 0.1) is 5.92 Å². The second-order valence-corrected chi connectivity index (χ2v) is 9.58. The average Bonchev–Trinajstić information content (AvgIpc) is 3.21. The van der Waals surface area contributed by atoms with Gasteiger partial charge in [0.05, 0.1) is 18.8 Å². The molecule has 3 aromatic rings. The summed E-state index contributed by atoms with van der Waals surface area (Å²) in [4.78, 5) is 17.8. The van der Waals surface area contributed by atoms with Crippen LogP contribution < -0.4 is 10.1 Å². The number of aliphatic hydroxyl groups is 1. The van der Waals surface area contributed by atoms with Crippen molar-refractivity contribution in [1.29, 1.82) is 0 Å². The van der Waals surface area contributed by atoms with Crippen LogP contribution in [0.4, 0.5) is 0 Å². The molecule has 33 heavy (non-hydrogen) atoms. The van der Waals surface area contributed by atoms with Crippen molar-refractivity contribution < 1.29 is 14.6 Å². The Labute approximate surface area is 197 Å². The van der Waals surface area contributed by atoms with E-state index < -0.39 is 11.6 Å². The molecule has 2 N–H and O–H groups in total. The summed E-state index contributed by atoms with van der Waals surface area (Å²) in [7, 11) is 1.67. The number of fused-ring (bicyclic) bond motifs is 1. The molecule has 1 aliphatic carbocycles. The van der Waals surface area contributed by atoms with Gasteiger partial charge < -0.3 is 15.2 Å². The minimum atomic E-state index is -0.557. The maximum Gasteiger partial charge on any atom is 0.257 e. The zero-order valence-corrected chi connectivity index (χ0v) is 19.2. The summed E-state index contributed by atoms with van der Waals surface area (Å²) in [6.45, 7) is 0. The van der Waals surface area contributed by atoms with E-state index in [-0.39, 0.29) is 11.8 Å². The normalized spacial score (nSPS) is 24.0. The van der Waals surface area contributed by atoms with Gasteiger partial charge in [-0.25, -0.2) is 0 Å². The molecule has 1 amide bonds. The van der Waals surface area contributed by atoms with E-state index in [2.05, 4.69) is 29.6 Å². The highest BCUT2D eigenvalue weighted by Gasteiger charge is 2.50. The molecule has 2 aliphatic rings. The van der Waals surface area contributed by atoms with E-state index in [1.165, 1.54) is 0 Å². The smallest absolute Gasteiger partial charge is 0.257 e. The van der Waals surface area contributed by atoms with Gasteiger partial charge in [0.25, 0.3) is 5.91 Å². The number of benzene rings is 3. The van der Waals surface area contributed by atoms with E-state index in [1.54, 1.807) is 31.0 Å². The molecule has 0 radical (unpaired) electrons. The summed E-state index contributed by atoms with van der Waals surface area (Å²) in [5.74, 6) is 1.65. The molecular weight excluding hydrogens is 432 g/mol. The van der Waals surface area contributed by atoms with Crippen LogP contribution in [-0.2, 0) is 5.54 Å². The number of rotatable bonds is 4. The molecule has 0 bridgehead atoms. The summed E-state index contributed by atoms with van der Waals surface area (Å²) in [5.41, 5.74) is 3.25. The van der Waals surface area contributed by atoms with Gasteiger partial charge in [0.1, 0.15) is 5.75 Å². The minimum absolute atomic E-state index is 0.167. The average molecular weight is 459 g/mol. The van der Waals surface area contributed by atoms with Crippen molar-refractivity contribution in [3.63, 3.8) is 0 Å². The number of nitrogens with zero attached hydrogens (tertiary/aromatic N) is 1. The number of aliphatic hydroxyl groups excluding tert-OH is 1. The van der Waals surface area contributed by atoms with Gasteiger partial charge in [0, 0.05) is 23.7 Å². The third-order valence-electron chi connectivity index (χ3n) is 6.52. The Morgan fingerprint density at radius 3 is 2.61 bits per heavy atom. The van der Waals surface area contributed by atoms with Crippen molar-refractivity contribution in [2.45, 2.75) is 24.5 Å². The molecule has 0 saturated heterocycles. The van der Waals surface area contributed by atoms with E-state index >= 15 is 0 Å². The number of methoxy groups -OCH3 is 1. The molecule has 3 aromatic carbocycles. The first-order valence-electron chi connectivity index (χ1n) is 11.1. The van der Waals surface area contributed by atoms with Crippen LogP contribution >= 0.6 is 11.8 Å². The Morgan fingerprint density at radius 1 is 1.06 bits per heavy atom. The number of carbonyl (C=O) groups is 1. The predicted octanol–water partition coefficient (Wildman–Crippen LogP) is 4.86. The standard InChI is InChI=1S/C27H26N2O3S/c1-32-24-12-6-10-20(14-24)19-9-5-11-21(13-19)27-16-23(30)15-22(27)17-33-26(29-27)28-25(31)18-7-3-2-4-8-18/h2-14,22-23,30H,15-17H2,1H3,(H,28,29,31). The number of nitrogens with one attached hydrogen (secondary N) is 1. The maximum absolute atomic E-state index is 12.7. The first-order valence-corrected chi connectivity index (χ1v) is 12.1. The molecule has 5 rings (SSSR count). The molecule has 1 aliphatic heterocycles. The molecule has 0 spiro atoms. The third-order valence-corrected chi connectivity index (χ3v) is 7.56. The van der Waals surface area contributed by atoms with E-state index in [1.807, 2.05) is 42.5 Å². The Morgan fingerprint density at radius 2 is 1.82 bits per heavy atom. The Balaban J connectivity index is 1.51. The highest BCUT2D eigenvalue weighted by Crippen LogP contribution is 2.51. The molecule has 1 fully saturated rings. The van der Waals surface area contributed by atoms with Crippen molar-refractivity contribution in [3.8, 4) is 16.9 Å². The van der Waals surface area contributed by atoms with Crippen LogP contribution in [0.1, 0.15) is 28.8 Å². The first-order chi connectivity index (χ1) is 16.1. The van der Waals surface area contributed by atoms with Crippen LogP contribution in [0.15, 0.2) is 83.9 Å². The Kier molecular flexibility index (Phi) is 5.96. The highest BCUT2D eigenvalue weighted by atomic mass is 32.2. The maximum atomic E-state index is 12.7. The lowest BCUT2D eigenvalue weighted by molar-refractivity contribution is 0.0977. The van der Waals surface area contributed by atoms with E-state index in [0.717, 1.165) is 28.2 Å². The number of hydrogen-bond acceptors (Lipinski definition) is 5. The Bertz CT molecular complexity index is 1200. The zero-order valence-electron chi connectivity index (χ0n) is 18.4. The molecule has 3 atom stereocenters. The molecular formula is C27H26N2O3S. The van der Waals surface area contributed by atoms with Crippen molar-refractivity contribution >= 4 is 22.8 Å². The second-order valence-electron chi connectivity index (χ2n) is 8.58. The van der Waals surface area contributed by atoms with Crippen LogP contribution in [0.25, 0.3) is 11.1 Å². The predicted molar refractivity (Wildman–Crippen MR) is 133 cm³/mol. The molecule has 1 heterocycles. The van der Waals surface area contributed by atoms with Gasteiger partial charge in [-0.2, -0.15) is 0 Å². The minimum Gasteiger partial charge on any atom is -0.497 e. The summed E-state index contributed by atoms with van der Waals surface area (Å²) in [6.07, 6.45) is 0.841.